The Morgan fingerprint density at radius 1 is 0.426 bits per heavy atom. The van der Waals surface area contributed by atoms with Gasteiger partial charge in [0.15, 0.2) is 17.5 Å². The second-order valence-corrected chi connectivity index (χ2v) is 14.7. The minimum absolute atomic E-state index is 0.0406. The molecule has 54 heavy (non-hydrogen) atoms. The molecule has 3 heterocycles. The Labute approximate surface area is 311 Å². The molecule has 0 fully saturated rings. The summed E-state index contributed by atoms with van der Waals surface area (Å²) < 4.78 is 6.27. The molecule has 0 aliphatic heterocycles. The number of hydrogen-bond acceptors (Lipinski definition) is 5. The van der Waals surface area contributed by atoms with Gasteiger partial charge in [-0.3, -0.25) is 4.98 Å². The van der Waals surface area contributed by atoms with Gasteiger partial charge in [-0.15, -0.1) is 0 Å². The highest BCUT2D eigenvalue weighted by Crippen LogP contribution is 2.50. The van der Waals surface area contributed by atoms with Crippen LogP contribution >= 0.6 is 0 Å². The number of rotatable bonds is 4. The Balaban J connectivity index is 1.06. The van der Waals surface area contributed by atoms with Crippen LogP contribution < -0.4 is 0 Å². The zero-order valence-electron chi connectivity index (χ0n) is 29.7. The normalized spacial score (nSPS) is 13.1. The Bertz CT molecular complexity index is 3130. The van der Waals surface area contributed by atoms with Crippen molar-refractivity contribution in [3.05, 3.63) is 169 Å². The van der Waals surface area contributed by atoms with E-state index in [-0.39, 0.29) is 5.41 Å². The molecule has 7 aromatic carbocycles. The molecule has 0 spiro atoms. The van der Waals surface area contributed by atoms with Gasteiger partial charge in [0.25, 0.3) is 0 Å². The highest BCUT2D eigenvalue weighted by atomic mass is 16.3. The monoisotopic (exact) mass is 692 g/mol. The summed E-state index contributed by atoms with van der Waals surface area (Å²) in [6.07, 6.45) is 3.66. The molecule has 0 radical (unpaired) electrons. The van der Waals surface area contributed by atoms with E-state index in [2.05, 4.69) is 134 Å². The molecule has 0 N–H and O–H groups in total. The summed E-state index contributed by atoms with van der Waals surface area (Å²) in [6, 6.07) is 51.3. The summed E-state index contributed by atoms with van der Waals surface area (Å²) in [7, 11) is 0. The Morgan fingerprint density at radius 3 is 1.87 bits per heavy atom. The van der Waals surface area contributed by atoms with Crippen LogP contribution in [-0.4, -0.2) is 19.9 Å². The minimum Gasteiger partial charge on any atom is -0.456 e. The van der Waals surface area contributed by atoms with E-state index in [0.29, 0.717) is 17.5 Å². The van der Waals surface area contributed by atoms with E-state index in [1.807, 2.05) is 36.5 Å². The molecule has 3 aromatic heterocycles. The van der Waals surface area contributed by atoms with Crippen LogP contribution in [0.4, 0.5) is 0 Å². The second-order valence-electron chi connectivity index (χ2n) is 14.7. The number of furan rings is 1. The molecular formula is C49H32N4O. The van der Waals surface area contributed by atoms with Gasteiger partial charge in [0, 0.05) is 45.3 Å². The highest BCUT2D eigenvalue weighted by Gasteiger charge is 2.35. The largest absolute Gasteiger partial charge is 0.456 e. The average molecular weight is 693 g/mol. The maximum absolute atomic E-state index is 6.27. The smallest absolute Gasteiger partial charge is 0.164 e. The van der Waals surface area contributed by atoms with Crippen molar-refractivity contribution in [1.82, 2.24) is 19.9 Å². The number of para-hydroxylation sites is 1. The van der Waals surface area contributed by atoms with Gasteiger partial charge in [-0.25, -0.2) is 15.0 Å². The van der Waals surface area contributed by atoms with Crippen molar-refractivity contribution in [2.45, 2.75) is 19.3 Å². The standard InChI is InChI=1S/C49H32N4O/c1-49(2)42-11-5-3-9-37(42)41-27-40-32(25-43(41)49)18-17-31-24-33(19-21-36(31)40)47-51-46(30-15-13-29(14-16-30)35-8-7-23-50-28-35)52-48(53-47)34-20-22-39-38-10-4-6-12-44(38)54-45(39)26-34/h3-28H,1-2H3. The van der Waals surface area contributed by atoms with Gasteiger partial charge in [0.2, 0.25) is 0 Å². The SMILES string of the molecule is CC1(C)c2ccccc2-c2cc3c(ccc4cc(-c5nc(-c6ccc(-c7cccnc7)cc6)nc(-c6ccc7c(c6)oc6ccccc67)n5)ccc43)cc21. The lowest BCUT2D eigenvalue weighted by atomic mass is 9.81. The van der Waals surface area contributed by atoms with Gasteiger partial charge in [0.1, 0.15) is 11.2 Å². The molecule has 1 aliphatic rings. The van der Waals surface area contributed by atoms with Gasteiger partial charge >= 0.3 is 0 Å². The van der Waals surface area contributed by atoms with E-state index < -0.39 is 0 Å². The van der Waals surface area contributed by atoms with Crippen molar-refractivity contribution in [2.75, 3.05) is 0 Å². The predicted molar refractivity (Wildman–Crippen MR) is 219 cm³/mol. The van der Waals surface area contributed by atoms with Crippen LogP contribution in [0.3, 0.4) is 0 Å². The summed E-state index contributed by atoms with van der Waals surface area (Å²) in [4.78, 5) is 19.6. The summed E-state index contributed by atoms with van der Waals surface area (Å²) in [5.74, 6) is 1.81. The van der Waals surface area contributed by atoms with E-state index in [1.165, 1.54) is 38.4 Å². The molecule has 0 atom stereocenters. The van der Waals surface area contributed by atoms with E-state index in [0.717, 1.165) is 55.1 Å². The fourth-order valence-electron chi connectivity index (χ4n) is 8.37. The summed E-state index contributed by atoms with van der Waals surface area (Å²) in [6.45, 7) is 4.66. The summed E-state index contributed by atoms with van der Waals surface area (Å²) in [5.41, 5.74) is 11.9. The van der Waals surface area contributed by atoms with Crippen LogP contribution in [0.15, 0.2) is 162 Å². The minimum atomic E-state index is -0.0406. The number of benzene rings is 7. The van der Waals surface area contributed by atoms with E-state index in [1.54, 1.807) is 6.20 Å². The Kier molecular flexibility index (Phi) is 6.53. The zero-order valence-corrected chi connectivity index (χ0v) is 29.7. The first-order valence-corrected chi connectivity index (χ1v) is 18.3. The molecule has 1 aliphatic carbocycles. The van der Waals surface area contributed by atoms with Gasteiger partial charge in [-0.05, 0) is 97.4 Å². The van der Waals surface area contributed by atoms with Gasteiger partial charge < -0.3 is 4.42 Å². The molecule has 0 unspecified atom stereocenters. The molecule has 0 saturated carbocycles. The summed E-state index contributed by atoms with van der Waals surface area (Å²) in [5, 5.41) is 6.99. The topological polar surface area (TPSA) is 64.7 Å². The third-order valence-corrected chi connectivity index (χ3v) is 11.2. The molecule has 11 rings (SSSR count). The van der Waals surface area contributed by atoms with Gasteiger partial charge in [-0.2, -0.15) is 0 Å². The molecule has 0 saturated heterocycles. The van der Waals surface area contributed by atoms with E-state index >= 15 is 0 Å². The lowest BCUT2D eigenvalue weighted by Gasteiger charge is -2.21. The Morgan fingerprint density at radius 2 is 1.07 bits per heavy atom. The lowest BCUT2D eigenvalue weighted by Crippen LogP contribution is -2.14. The molecule has 254 valence electrons. The van der Waals surface area contributed by atoms with Crippen molar-refractivity contribution in [3.8, 4) is 56.4 Å². The highest BCUT2D eigenvalue weighted by molar-refractivity contribution is 6.11. The first-order valence-electron chi connectivity index (χ1n) is 18.3. The van der Waals surface area contributed by atoms with Crippen LogP contribution in [0.5, 0.6) is 0 Å². The van der Waals surface area contributed by atoms with Crippen molar-refractivity contribution in [1.29, 1.82) is 0 Å². The zero-order chi connectivity index (χ0) is 36.0. The van der Waals surface area contributed by atoms with E-state index in [9.17, 15) is 0 Å². The van der Waals surface area contributed by atoms with E-state index in [4.69, 9.17) is 19.4 Å². The van der Waals surface area contributed by atoms with Crippen LogP contribution in [0.2, 0.25) is 0 Å². The maximum atomic E-state index is 6.27. The van der Waals surface area contributed by atoms with Gasteiger partial charge in [-0.1, -0.05) is 117 Å². The van der Waals surface area contributed by atoms with Crippen LogP contribution in [-0.2, 0) is 5.41 Å². The molecule has 5 nitrogen and oxygen atoms in total. The van der Waals surface area contributed by atoms with Crippen LogP contribution in [0.25, 0.3) is 99.9 Å². The molecule has 0 amide bonds. The van der Waals surface area contributed by atoms with Crippen LogP contribution in [0.1, 0.15) is 25.0 Å². The fraction of sp³-hybridized carbons (Fsp3) is 0.0612. The number of hydrogen-bond donors (Lipinski definition) is 0. The number of aromatic nitrogens is 4. The quantitative estimate of drug-likeness (QED) is 0.172. The number of fused-ring (bicyclic) bond motifs is 9. The molecule has 0 bridgehead atoms. The van der Waals surface area contributed by atoms with Crippen molar-refractivity contribution < 1.29 is 4.42 Å². The van der Waals surface area contributed by atoms with Crippen molar-refractivity contribution in [2.24, 2.45) is 0 Å². The predicted octanol–water partition coefficient (Wildman–Crippen LogP) is 12.4. The molecule has 10 aromatic rings. The number of pyridine rings is 1. The maximum Gasteiger partial charge on any atom is 0.164 e. The fourth-order valence-corrected chi connectivity index (χ4v) is 8.37. The molecular weight excluding hydrogens is 661 g/mol. The van der Waals surface area contributed by atoms with Crippen LogP contribution in [0, 0.1) is 0 Å². The third-order valence-electron chi connectivity index (χ3n) is 11.2. The Hall–Kier alpha value is -6.98. The first-order chi connectivity index (χ1) is 26.5. The first kappa shape index (κ1) is 30.6. The molecule has 5 heteroatoms. The van der Waals surface area contributed by atoms with Crippen molar-refractivity contribution >= 4 is 43.5 Å². The van der Waals surface area contributed by atoms with Gasteiger partial charge in [0.05, 0.1) is 0 Å². The third kappa shape index (κ3) is 4.72. The second kappa shape index (κ2) is 11.5. The lowest BCUT2D eigenvalue weighted by molar-refractivity contribution is 0.661. The average Bonchev–Trinajstić information content (AvgIpc) is 3.71. The van der Waals surface area contributed by atoms with Crippen molar-refractivity contribution in [3.63, 3.8) is 0 Å². The summed E-state index contributed by atoms with van der Waals surface area (Å²) >= 11 is 0. The number of nitrogens with zero attached hydrogens (tertiary/aromatic N) is 4.